The molecule has 0 aromatic heterocycles. The highest BCUT2D eigenvalue weighted by Crippen LogP contribution is 2.28. The molecule has 0 atom stereocenters. The summed E-state index contributed by atoms with van der Waals surface area (Å²) in [6.07, 6.45) is 7.75. The highest BCUT2D eigenvalue weighted by Gasteiger charge is 2.14. The monoisotopic (exact) mass is 277 g/mol. The first-order valence-corrected chi connectivity index (χ1v) is 8.54. The maximum absolute atomic E-state index is 5.76. The minimum absolute atomic E-state index is 0.318. The SMILES string of the molecule is CC(C)(CN)CCCCSc1ccc2c(c1)CCC2. The molecule has 2 heteroatoms. The van der Waals surface area contributed by atoms with Gasteiger partial charge in [-0.1, -0.05) is 26.3 Å². The lowest BCUT2D eigenvalue weighted by Gasteiger charge is -2.21. The largest absolute Gasteiger partial charge is 0.330 e. The zero-order valence-electron chi connectivity index (χ0n) is 12.4. The molecule has 0 unspecified atom stereocenters. The van der Waals surface area contributed by atoms with Gasteiger partial charge in [0.1, 0.15) is 0 Å². The number of hydrogen-bond acceptors (Lipinski definition) is 2. The third-order valence-corrected chi connectivity index (χ3v) is 5.22. The van der Waals surface area contributed by atoms with Gasteiger partial charge in [-0.2, -0.15) is 0 Å². The van der Waals surface area contributed by atoms with E-state index in [2.05, 4.69) is 32.0 Å². The van der Waals surface area contributed by atoms with Crippen LogP contribution in [0.25, 0.3) is 0 Å². The second-order valence-corrected chi connectivity index (χ2v) is 7.63. The van der Waals surface area contributed by atoms with Crippen molar-refractivity contribution in [1.82, 2.24) is 0 Å². The summed E-state index contributed by atoms with van der Waals surface area (Å²) in [6, 6.07) is 7.05. The maximum Gasteiger partial charge on any atom is 0.00748 e. The van der Waals surface area contributed by atoms with Crippen LogP contribution >= 0.6 is 11.8 Å². The summed E-state index contributed by atoms with van der Waals surface area (Å²) in [5.41, 5.74) is 9.25. The highest BCUT2D eigenvalue weighted by atomic mass is 32.2. The molecule has 0 saturated carbocycles. The molecule has 0 spiro atoms. The molecule has 2 rings (SSSR count). The van der Waals surface area contributed by atoms with Crippen LogP contribution in [0.2, 0.25) is 0 Å². The Morgan fingerprint density at radius 3 is 2.74 bits per heavy atom. The van der Waals surface area contributed by atoms with Gasteiger partial charge in [0.2, 0.25) is 0 Å². The van der Waals surface area contributed by atoms with Gasteiger partial charge in [-0.25, -0.2) is 0 Å². The third kappa shape index (κ3) is 4.54. The predicted molar refractivity (Wildman–Crippen MR) is 85.9 cm³/mol. The van der Waals surface area contributed by atoms with E-state index in [1.165, 1.54) is 49.2 Å². The van der Waals surface area contributed by atoms with Gasteiger partial charge in [0.15, 0.2) is 0 Å². The van der Waals surface area contributed by atoms with Crippen molar-refractivity contribution in [3.63, 3.8) is 0 Å². The van der Waals surface area contributed by atoms with Crippen LogP contribution in [0, 0.1) is 5.41 Å². The van der Waals surface area contributed by atoms with Gasteiger partial charge in [-0.3, -0.25) is 0 Å². The maximum atomic E-state index is 5.76. The quantitative estimate of drug-likeness (QED) is 0.589. The van der Waals surface area contributed by atoms with E-state index in [4.69, 9.17) is 5.73 Å². The number of hydrogen-bond donors (Lipinski definition) is 1. The van der Waals surface area contributed by atoms with Crippen molar-refractivity contribution >= 4 is 11.8 Å². The number of thioether (sulfide) groups is 1. The van der Waals surface area contributed by atoms with Crippen molar-refractivity contribution in [2.75, 3.05) is 12.3 Å². The first-order chi connectivity index (χ1) is 9.11. The lowest BCUT2D eigenvalue weighted by atomic mass is 9.88. The molecule has 1 aromatic rings. The smallest absolute Gasteiger partial charge is 0.00748 e. The van der Waals surface area contributed by atoms with Gasteiger partial charge >= 0.3 is 0 Å². The summed E-state index contributed by atoms with van der Waals surface area (Å²) in [5, 5.41) is 0. The van der Waals surface area contributed by atoms with E-state index < -0.39 is 0 Å². The number of aryl methyl sites for hydroxylation is 2. The minimum Gasteiger partial charge on any atom is -0.330 e. The fraction of sp³-hybridized carbons (Fsp3) is 0.647. The number of rotatable bonds is 7. The third-order valence-electron chi connectivity index (χ3n) is 4.14. The van der Waals surface area contributed by atoms with Crippen molar-refractivity contribution in [3.8, 4) is 0 Å². The van der Waals surface area contributed by atoms with E-state index in [0.717, 1.165) is 6.54 Å². The van der Waals surface area contributed by atoms with Crippen molar-refractivity contribution in [3.05, 3.63) is 29.3 Å². The molecule has 0 bridgehead atoms. The van der Waals surface area contributed by atoms with Crippen molar-refractivity contribution in [1.29, 1.82) is 0 Å². The van der Waals surface area contributed by atoms with Crippen molar-refractivity contribution in [2.24, 2.45) is 11.1 Å². The first kappa shape index (κ1) is 14.9. The molecule has 0 radical (unpaired) electrons. The standard InChI is InChI=1S/C17H27NS/c1-17(2,13-18)10-3-4-11-19-16-9-8-14-6-5-7-15(14)12-16/h8-9,12H,3-7,10-11,13,18H2,1-2H3. The fourth-order valence-corrected chi connectivity index (χ4v) is 3.61. The number of benzene rings is 1. The molecule has 106 valence electrons. The molecule has 0 saturated heterocycles. The zero-order chi connectivity index (χ0) is 13.7. The van der Waals surface area contributed by atoms with E-state index in [-0.39, 0.29) is 0 Å². The molecule has 1 nitrogen and oxygen atoms in total. The van der Waals surface area contributed by atoms with E-state index in [9.17, 15) is 0 Å². The van der Waals surface area contributed by atoms with Crippen LogP contribution in [-0.4, -0.2) is 12.3 Å². The van der Waals surface area contributed by atoms with Gasteiger partial charge in [0.25, 0.3) is 0 Å². The Hall–Kier alpha value is -0.470. The molecular weight excluding hydrogens is 250 g/mol. The number of unbranched alkanes of at least 4 members (excludes halogenated alkanes) is 1. The van der Waals surface area contributed by atoms with Crippen LogP contribution in [0.5, 0.6) is 0 Å². The van der Waals surface area contributed by atoms with Crippen LogP contribution < -0.4 is 5.73 Å². The van der Waals surface area contributed by atoms with E-state index >= 15 is 0 Å². The zero-order valence-corrected chi connectivity index (χ0v) is 13.2. The van der Waals surface area contributed by atoms with Crippen LogP contribution in [0.3, 0.4) is 0 Å². The van der Waals surface area contributed by atoms with Gasteiger partial charge in [0.05, 0.1) is 0 Å². The van der Waals surface area contributed by atoms with Gasteiger partial charge in [0, 0.05) is 4.90 Å². The van der Waals surface area contributed by atoms with Gasteiger partial charge < -0.3 is 5.73 Å². The lowest BCUT2D eigenvalue weighted by Crippen LogP contribution is -2.23. The van der Waals surface area contributed by atoms with Gasteiger partial charge in [-0.15, -0.1) is 11.8 Å². The Bertz CT molecular complexity index is 412. The van der Waals surface area contributed by atoms with Crippen molar-refractivity contribution < 1.29 is 0 Å². The topological polar surface area (TPSA) is 26.0 Å². The summed E-state index contributed by atoms with van der Waals surface area (Å²) >= 11 is 2.01. The summed E-state index contributed by atoms with van der Waals surface area (Å²) in [4.78, 5) is 1.46. The Balaban J connectivity index is 1.69. The number of nitrogens with two attached hydrogens (primary N) is 1. The molecule has 0 aliphatic heterocycles. The summed E-state index contributed by atoms with van der Waals surface area (Å²) in [5.74, 6) is 1.24. The molecule has 0 heterocycles. The second-order valence-electron chi connectivity index (χ2n) is 6.46. The molecule has 19 heavy (non-hydrogen) atoms. The highest BCUT2D eigenvalue weighted by molar-refractivity contribution is 7.99. The Labute approximate surface area is 122 Å². The molecule has 0 amide bonds. The second kappa shape index (κ2) is 6.81. The first-order valence-electron chi connectivity index (χ1n) is 7.55. The summed E-state index contributed by atoms with van der Waals surface area (Å²) in [7, 11) is 0. The van der Waals surface area contributed by atoms with Crippen LogP contribution in [0.15, 0.2) is 23.1 Å². The summed E-state index contributed by atoms with van der Waals surface area (Å²) < 4.78 is 0. The Morgan fingerprint density at radius 2 is 1.95 bits per heavy atom. The van der Waals surface area contributed by atoms with E-state index in [1.807, 2.05) is 11.8 Å². The van der Waals surface area contributed by atoms with Crippen LogP contribution in [0.1, 0.15) is 50.7 Å². The molecular formula is C17H27NS. The fourth-order valence-electron chi connectivity index (χ4n) is 2.64. The average Bonchev–Trinajstić information content (AvgIpc) is 2.85. The minimum atomic E-state index is 0.318. The van der Waals surface area contributed by atoms with Crippen molar-refractivity contribution in [2.45, 2.75) is 57.3 Å². The average molecular weight is 277 g/mol. The predicted octanol–water partition coefficient (Wildman–Crippen LogP) is 4.42. The molecule has 1 aliphatic carbocycles. The molecule has 1 aliphatic rings. The van der Waals surface area contributed by atoms with E-state index in [0.29, 0.717) is 5.41 Å². The van der Waals surface area contributed by atoms with Crippen LogP contribution in [0.4, 0.5) is 0 Å². The normalized spacial score (nSPS) is 14.7. The Morgan fingerprint density at radius 1 is 1.16 bits per heavy atom. The molecule has 2 N–H and O–H groups in total. The van der Waals surface area contributed by atoms with E-state index in [1.54, 1.807) is 11.1 Å². The lowest BCUT2D eigenvalue weighted by molar-refractivity contribution is 0.336. The summed E-state index contributed by atoms with van der Waals surface area (Å²) in [6.45, 7) is 5.33. The molecule has 1 aromatic carbocycles. The number of fused-ring (bicyclic) bond motifs is 1. The van der Waals surface area contributed by atoms with Gasteiger partial charge in [-0.05, 0) is 73.1 Å². The van der Waals surface area contributed by atoms with Crippen LogP contribution in [-0.2, 0) is 12.8 Å². The molecule has 0 fully saturated rings. The Kier molecular flexibility index (Phi) is 5.35.